The monoisotopic (exact) mass is 577 g/mol. The van der Waals surface area contributed by atoms with E-state index in [4.69, 9.17) is 0 Å². The van der Waals surface area contributed by atoms with Crippen molar-refractivity contribution >= 4 is 29.1 Å². The number of aromatic hydroxyl groups is 1. The first-order valence-electron chi connectivity index (χ1n) is 13.6. The Hall–Kier alpha value is -4.47. The third-order valence-electron chi connectivity index (χ3n) is 8.71. The fourth-order valence-corrected chi connectivity index (χ4v) is 6.81. The van der Waals surface area contributed by atoms with Crippen LogP contribution < -0.4 is 9.64 Å². The van der Waals surface area contributed by atoms with Gasteiger partial charge in [0.15, 0.2) is 11.6 Å². The van der Waals surface area contributed by atoms with E-state index in [1.165, 1.54) is 13.0 Å². The number of hydrogen-bond acceptors (Lipinski definition) is 6. The normalized spacial score (nSPS) is 25.6. The molecule has 7 nitrogen and oxygen atoms in total. The summed E-state index contributed by atoms with van der Waals surface area (Å²) >= 11 is 0. The maximum Gasteiger partial charge on any atom is 0.573 e. The van der Waals surface area contributed by atoms with Crippen LogP contribution in [-0.2, 0) is 25.6 Å². The molecular formula is C32H26F3NO6. The standard InChI is InChI=1S/C32H26F3NO6/c1-3-16-4-6-17(7-5-16)36-30(40)20-10-9-19-21(27(20)31(36)41)14-23-25(38)12-15(2)29(39)28(23)26(19)22-13-18(8-11-24(22)37)42-32(33,34)35/h4-9,11-13,20-21,26-27,37H,3,10,14H2,1-2H3. The number of nitrogens with zero attached hydrogens (tertiary/aromatic N) is 1. The number of fused-ring (bicyclic) bond motifs is 3. The summed E-state index contributed by atoms with van der Waals surface area (Å²) < 4.78 is 43.3. The maximum atomic E-state index is 13.9. The van der Waals surface area contributed by atoms with Gasteiger partial charge in [0, 0.05) is 28.2 Å². The second-order valence-corrected chi connectivity index (χ2v) is 11.0. The largest absolute Gasteiger partial charge is 0.573 e. The number of amides is 2. The highest BCUT2D eigenvalue weighted by Crippen LogP contribution is 2.56. The molecule has 0 saturated carbocycles. The van der Waals surface area contributed by atoms with Gasteiger partial charge >= 0.3 is 6.36 Å². The fourth-order valence-electron chi connectivity index (χ4n) is 6.81. The molecule has 4 aliphatic rings. The molecule has 0 spiro atoms. The highest BCUT2D eigenvalue weighted by Gasteiger charge is 2.57. The average Bonchev–Trinajstić information content (AvgIpc) is 3.20. The molecule has 2 amide bonds. The van der Waals surface area contributed by atoms with Crippen LogP contribution in [0.4, 0.5) is 18.9 Å². The van der Waals surface area contributed by atoms with Crippen LogP contribution in [0.1, 0.15) is 43.7 Å². The maximum absolute atomic E-state index is 13.9. The summed E-state index contributed by atoms with van der Waals surface area (Å²) in [6, 6.07) is 10.1. The molecule has 0 aromatic heterocycles. The van der Waals surface area contributed by atoms with Crippen LogP contribution in [0.2, 0.25) is 0 Å². The van der Waals surface area contributed by atoms with Crippen molar-refractivity contribution in [3.8, 4) is 11.5 Å². The summed E-state index contributed by atoms with van der Waals surface area (Å²) in [6.07, 6.45) is -1.12. The highest BCUT2D eigenvalue weighted by molar-refractivity contribution is 6.25. The summed E-state index contributed by atoms with van der Waals surface area (Å²) in [5, 5.41) is 10.9. The number of carbonyl (C=O) groups excluding carboxylic acids is 4. The Balaban J connectivity index is 1.48. The first kappa shape index (κ1) is 27.7. The molecule has 1 heterocycles. The van der Waals surface area contributed by atoms with Gasteiger partial charge in [0.2, 0.25) is 11.8 Å². The molecule has 1 N–H and O–H groups in total. The predicted octanol–water partition coefficient (Wildman–Crippen LogP) is 5.49. The van der Waals surface area contributed by atoms with Gasteiger partial charge in [-0.15, -0.1) is 13.2 Å². The molecule has 0 bridgehead atoms. The number of anilines is 1. The lowest BCUT2D eigenvalue weighted by Gasteiger charge is -2.42. The van der Waals surface area contributed by atoms with Gasteiger partial charge < -0.3 is 9.84 Å². The third kappa shape index (κ3) is 4.36. The molecule has 1 fully saturated rings. The van der Waals surface area contributed by atoms with Gasteiger partial charge in [-0.1, -0.05) is 30.7 Å². The number of alkyl halides is 3. The molecule has 2 aromatic rings. The molecule has 0 radical (unpaired) electrons. The van der Waals surface area contributed by atoms with E-state index in [0.717, 1.165) is 35.1 Å². The van der Waals surface area contributed by atoms with E-state index in [0.29, 0.717) is 11.3 Å². The molecule has 1 saturated heterocycles. The number of benzene rings is 2. The highest BCUT2D eigenvalue weighted by atomic mass is 19.4. The van der Waals surface area contributed by atoms with Crippen LogP contribution in [0.25, 0.3) is 0 Å². The van der Waals surface area contributed by atoms with Crippen LogP contribution in [0.15, 0.2) is 76.9 Å². The number of carbonyl (C=O) groups is 4. The Labute approximate surface area is 239 Å². The van der Waals surface area contributed by atoms with Gasteiger partial charge in [-0.25, -0.2) is 0 Å². The van der Waals surface area contributed by atoms with Crippen LogP contribution in [0.5, 0.6) is 11.5 Å². The first-order chi connectivity index (χ1) is 19.9. The molecule has 10 heteroatoms. The van der Waals surface area contributed by atoms with E-state index in [2.05, 4.69) is 4.74 Å². The van der Waals surface area contributed by atoms with Gasteiger partial charge in [-0.3, -0.25) is 24.1 Å². The zero-order chi connectivity index (χ0) is 30.1. The number of halogens is 3. The Bertz CT molecular complexity index is 1650. The third-order valence-corrected chi connectivity index (χ3v) is 8.71. The smallest absolute Gasteiger partial charge is 0.508 e. The number of ether oxygens (including phenoxy) is 1. The molecule has 6 rings (SSSR count). The number of phenolic OH excluding ortho intramolecular Hbond substituents is 1. The van der Waals surface area contributed by atoms with E-state index in [1.807, 2.05) is 19.1 Å². The number of ketones is 2. The van der Waals surface area contributed by atoms with E-state index in [1.54, 1.807) is 18.2 Å². The summed E-state index contributed by atoms with van der Waals surface area (Å²) in [5.74, 6) is -6.10. The van der Waals surface area contributed by atoms with Crippen molar-refractivity contribution in [2.24, 2.45) is 17.8 Å². The topological polar surface area (TPSA) is 101 Å². The molecule has 1 aliphatic heterocycles. The SMILES string of the molecule is CCc1ccc(N2C(=O)C3CC=C4C(c5cc(OC(F)(F)F)ccc5O)C5=C(CC4C3C2=O)C(=O)C=C(C)C5=O)cc1. The Morgan fingerprint density at radius 2 is 1.71 bits per heavy atom. The zero-order valence-corrected chi connectivity index (χ0v) is 22.7. The number of Topliss-reactive ketones (excluding diaryl/α,β-unsaturated/α-hetero) is 1. The van der Waals surface area contributed by atoms with Crippen LogP contribution in [0.3, 0.4) is 0 Å². The van der Waals surface area contributed by atoms with Gasteiger partial charge in [0.05, 0.1) is 17.5 Å². The van der Waals surface area contributed by atoms with Crippen LogP contribution in [0, 0.1) is 17.8 Å². The van der Waals surface area contributed by atoms with Crippen molar-refractivity contribution in [1.29, 1.82) is 0 Å². The summed E-state index contributed by atoms with van der Waals surface area (Å²) in [6.45, 7) is 3.46. The first-order valence-corrected chi connectivity index (χ1v) is 13.6. The number of allylic oxidation sites excluding steroid dienone is 6. The molecule has 42 heavy (non-hydrogen) atoms. The van der Waals surface area contributed by atoms with Gasteiger partial charge in [0.25, 0.3) is 0 Å². The summed E-state index contributed by atoms with van der Waals surface area (Å²) in [4.78, 5) is 55.4. The van der Waals surface area contributed by atoms with Crippen molar-refractivity contribution in [3.63, 3.8) is 0 Å². The molecular weight excluding hydrogens is 551 g/mol. The number of phenols is 1. The zero-order valence-electron chi connectivity index (χ0n) is 22.7. The minimum Gasteiger partial charge on any atom is -0.508 e. The Morgan fingerprint density at radius 3 is 2.38 bits per heavy atom. The Kier molecular flexibility index (Phi) is 6.47. The van der Waals surface area contributed by atoms with Crippen molar-refractivity contribution in [1.82, 2.24) is 0 Å². The summed E-state index contributed by atoms with van der Waals surface area (Å²) in [5.41, 5.74) is 2.27. The van der Waals surface area contributed by atoms with Crippen LogP contribution in [-0.4, -0.2) is 34.8 Å². The molecule has 4 unspecified atom stereocenters. The lowest BCUT2D eigenvalue weighted by Crippen LogP contribution is -2.39. The van der Waals surface area contributed by atoms with Crippen LogP contribution >= 0.6 is 0 Å². The lowest BCUT2D eigenvalue weighted by atomic mass is 9.59. The van der Waals surface area contributed by atoms with Crippen molar-refractivity contribution in [3.05, 3.63) is 88.0 Å². The van der Waals surface area contributed by atoms with Crippen molar-refractivity contribution < 1.29 is 42.2 Å². The molecule has 216 valence electrons. The van der Waals surface area contributed by atoms with Gasteiger partial charge in [-0.2, -0.15) is 0 Å². The second kappa shape index (κ2) is 9.82. The van der Waals surface area contributed by atoms with E-state index >= 15 is 0 Å². The molecule has 4 atom stereocenters. The summed E-state index contributed by atoms with van der Waals surface area (Å²) in [7, 11) is 0. The predicted molar refractivity (Wildman–Crippen MR) is 144 cm³/mol. The Morgan fingerprint density at radius 1 is 1.00 bits per heavy atom. The van der Waals surface area contributed by atoms with Crippen molar-refractivity contribution in [2.45, 2.75) is 45.4 Å². The fraction of sp³-hybridized carbons (Fsp3) is 0.312. The number of hydrogen-bond donors (Lipinski definition) is 1. The number of imide groups is 1. The molecule has 3 aliphatic carbocycles. The van der Waals surface area contributed by atoms with Gasteiger partial charge in [-0.05, 0) is 74.1 Å². The second-order valence-electron chi connectivity index (χ2n) is 11.0. The van der Waals surface area contributed by atoms with Gasteiger partial charge in [0.1, 0.15) is 11.5 Å². The molecule has 2 aromatic carbocycles. The number of rotatable bonds is 4. The van der Waals surface area contributed by atoms with Crippen molar-refractivity contribution in [2.75, 3.05) is 4.90 Å². The van der Waals surface area contributed by atoms with E-state index < -0.39 is 59.0 Å². The number of aryl methyl sites for hydroxylation is 1. The average molecular weight is 578 g/mol. The van der Waals surface area contributed by atoms with E-state index in [-0.39, 0.29) is 41.0 Å². The lowest BCUT2D eigenvalue weighted by molar-refractivity contribution is -0.274. The quantitative estimate of drug-likeness (QED) is 0.293. The minimum atomic E-state index is -5.00. The van der Waals surface area contributed by atoms with E-state index in [9.17, 15) is 37.5 Å². The minimum absolute atomic E-state index is 0.00826.